The van der Waals surface area contributed by atoms with Crippen LogP contribution in [0.4, 0.5) is 0 Å². The van der Waals surface area contributed by atoms with E-state index >= 15 is 0 Å². The average Bonchev–Trinajstić information content (AvgIpc) is 2.46. The van der Waals surface area contributed by atoms with Crippen LogP contribution in [0.5, 0.6) is 11.5 Å². The van der Waals surface area contributed by atoms with Gasteiger partial charge in [-0.25, -0.2) is 0 Å². The van der Waals surface area contributed by atoms with Crippen LogP contribution in [-0.2, 0) is 11.2 Å². The van der Waals surface area contributed by atoms with E-state index in [2.05, 4.69) is 10.1 Å². The van der Waals surface area contributed by atoms with Crippen molar-refractivity contribution in [2.24, 2.45) is 10.1 Å². The Balaban J connectivity index is 2.58. The number of oxime groups is 1. The monoisotopic (exact) mass is 276 g/mol. The summed E-state index contributed by atoms with van der Waals surface area (Å²) in [6, 6.07) is 3.61. The lowest BCUT2D eigenvalue weighted by Crippen LogP contribution is -2.27. The van der Waals surface area contributed by atoms with Gasteiger partial charge in [0, 0.05) is 19.0 Å². The molecule has 6 heteroatoms. The number of hydrogen-bond donors (Lipinski definition) is 1. The number of carbonyl (C=O) groups is 1. The zero-order chi connectivity index (χ0) is 14.7. The van der Waals surface area contributed by atoms with Crippen molar-refractivity contribution in [2.45, 2.75) is 13.3 Å². The lowest BCUT2D eigenvalue weighted by molar-refractivity contribution is -0.111. The molecule has 0 radical (unpaired) electrons. The number of methoxy groups -OCH3 is 2. The molecule has 0 aliphatic carbocycles. The first-order chi connectivity index (χ1) is 9.62. The minimum absolute atomic E-state index is 0.0434. The van der Waals surface area contributed by atoms with Gasteiger partial charge >= 0.3 is 0 Å². The maximum Gasteiger partial charge on any atom is 0.183 e. The summed E-state index contributed by atoms with van der Waals surface area (Å²) in [5.41, 5.74) is 2.06. The lowest BCUT2D eigenvalue weighted by Gasteiger charge is -2.19. The van der Waals surface area contributed by atoms with Gasteiger partial charge in [0.15, 0.2) is 23.0 Å². The van der Waals surface area contributed by atoms with E-state index in [1.807, 2.05) is 6.07 Å². The second kappa shape index (κ2) is 5.73. The summed E-state index contributed by atoms with van der Waals surface area (Å²) >= 11 is 0. The SMILES string of the molecule is COc1cc2c(cc1OC)C(/C(=N/O)C(C)=O)=NCC2. The predicted octanol–water partition coefficient (Wildman–Crippen LogP) is 1.47. The molecule has 6 nitrogen and oxygen atoms in total. The van der Waals surface area contributed by atoms with Gasteiger partial charge in [0.05, 0.1) is 19.9 Å². The van der Waals surface area contributed by atoms with Gasteiger partial charge in [-0.15, -0.1) is 0 Å². The molecule has 106 valence electrons. The molecular weight excluding hydrogens is 260 g/mol. The molecule has 1 heterocycles. The van der Waals surface area contributed by atoms with E-state index in [1.165, 1.54) is 14.0 Å². The van der Waals surface area contributed by atoms with Crippen LogP contribution in [0, 0.1) is 0 Å². The van der Waals surface area contributed by atoms with Crippen LogP contribution in [0.3, 0.4) is 0 Å². The summed E-state index contributed by atoms with van der Waals surface area (Å²) in [6.07, 6.45) is 0.732. The van der Waals surface area contributed by atoms with Crippen LogP contribution >= 0.6 is 0 Å². The highest BCUT2D eigenvalue weighted by atomic mass is 16.5. The Morgan fingerprint density at radius 3 is 2.50 bits per heavy atom. The number of aliphatic imine (C=N–C) groups is 1. The Morgan fingerprint density at radius 2 is 1.95 bits per heavy atom. The van der Waals surface area contributed by atoms with Gasteiger partial charge in [-0.1, -0.05) is 5.16 Å². The van der Waals surface area contributed by atoms with Gasteiger partial charge in [-0.3, -0.25) is 9.79 Å². The van der Waals surface area contributed by atoms with Gasteiger partial charge in [0.1, 0.15) is 0 Å². The van der Waals surface area contributed by atoms with E-state index in [4.69, 9.17) is 14.7 Å². The van der Waals surface area contributed by atoms with Gasteiger partial charge in [0.2, 0.25) is 0 Å². The van der Waals surface area contributed by atoms with Crippen molar-refractivity contribution in [1.29, 1.82) is 0 Å². The number of benzene rings is 1. The summed E-state index contributed by atoms with van der Waals surface area (Å²) < 4.78 is 10.5. The van der Waals surface area contributed by atoms with Gasteiger partial charge in [-0.2, -0.15) is 0 Å². The third-order valence-corrected chi connectivity index (χ3v) is 3.17. The second-order valence-electron chi connectivity index (χ2n) is 4.35. The fourth-order valence-electron chi connectivity index (χ4n) is 2.21. The summed E-state index contributed by atoms with van der Waals surface area (Å²) in [6.45, 7) is 1.87. The molecule has 1 aliphatic heterocycles. The first-order valence-electron chi connectivity index (χ1n) is 6.15. The van der Waals surface area contributed by atoms with Crippen LogP contribution in [0.2, 0.25) is 0 Å². The van der Waals surface area contributed by atoms with Gasteiger partial charge in [0.25, 0.3) is 0 Å². The maximum atomic E-state index is 11.5. The van der Waals surface area contributed by atoms with E-state index in [-0.39, 0.29) is 11.5 Å². The first kappa shape index (κ1) is 14.0. The molecule has 0 atom stereocenters. The average molecular weight is 276 g/mol. The lowest BCUT2D eigenvalue weighted by atomic mass is 9.93. The topological polar surface area (TPSA) is 80.5 Å². The smallest absolute Gasteiger partial charge is 0.183 e. The number of carbonyl (C=O) groups excluding carboxylic acids is 1. The minimum Gasteiger partial charge on any atom is -0.493 e. The van der Waals surface area contributed by atoms with E-state index in [0.717, 1.165) is 17.5 Å². The number of Topliss-reactive ketones (excluding diaryl/α,β-unsaturated/α-hetero) is 1. The Hall–Kier alpha value is -2.37. The third-order valence-electron chi connectivity index (χ3n) is 3.17. The summed E-state index contributed by atoms with van der Waals surface area (Å²) in [5.74, 6) is 0.827. The second-order valence-corrected chi connectivity index (χ2v) is 4.35. The minimum atomic E-state index is -0.339. The number of rotatable bonds is 4. The molecule has 0 saturated heterocycles. The number of nitrogens with zero attached hydrogens (tertiary/aromatic N) is 2. The van der Waals surface area contributed by atoms with Crippen LogP contribution < -0.4 is 9.47 Å². The zero-order valence-electron chi connectivity index (χ0n) is 11.6. The molecule has 0 bridgehead atoms. The van der Waals surface area contributed by atoms with Crippen molar-refractivity contribution in [3.05, 3.63) is 23.3 Å². The molecule has 0 saturated carbocycles. The molecule has 0 fully saturated rings. The molecule has 20 heavy (non-hydrogen) atoms. The van der Waals surface area contributed by atoms with Crippen LogP contribution in [0.1, 0.15) is 18.1 Å². The Morgan fingerprint density at radius 1 is 1.30 bits per heavy atom. The Kier molecular flexibility index (Phi) is 4.02. The number of hydrogen-bond acceptors (Lipinski definition) is 6. The van der Waals surface area contributed by atoms with Crippen molar-refractivity contribution in [2.75, 3.05) is 20.8 Å². The molecule has 1 N–H and O–H groups in total. The van der Waals surface area contributed by atoms with Crippen molar-refractivity contribution < 1.29 is 19.5 Å². The van der Waals surface area contributed by atoms with E-state index in [1.54, 1.807) is 13.2 Å². The molecule has 0 aromatic heterocycles. The summed E-state index contributed by atoms with van der Waals surface area (Å²) in [4.78, 5) is 15.8. The van der Waals surface area contributed by atoms with Gasteiger partial charge in [-0.05, 0) is 24.1 Å². The number of fused-ring (bicyclic) bond motifs is 1. The zero-order valence-corrected chi connectivity index (χ0v) is 11.6. The largest absolute Gasteiger partial charge is 0.493 e. The van der Waals surface area contributed by atoms with Crippen LogP contribution in [0.15, 0.2) is 22.3 Å². The van der Waals surface area contributed by atoms with Crippen molar-refractivity contribution in [3.63, 3.8) is 0 Å². The fraction of sp³-hybridized carbons (Fsp3) is 0.357. The molecular formula is C14H16N2O4. The Bertz CT molecular complexity index is 605. The quantitative estimate of drug-likeness (QED) is 0.513. The van der Waals surface area contributed by atoms with Crippen LogP contribution in [0.25, 0.3) is 0 Å². The highest BCUT2D eigenvalue weighted by molar-refractivity contribution is 6.70. The third kappa shape index (κ3) is 2.36. The molecule has 1 aromatic carbocycles. The fourth-order valence-corrected chi connectivity index (χ4v) is 2.21. The van der Waals surface area contributed by atoms with Crippen molar-refractivity contribution in [3.8, 4) is 11.5 Å². The highest BCUT2D eigenvalue weighted by Gasteiger charge is 2.24. The standard InChI is InChI=1S/C14H16N2O4/c1-8(17)13(16-18)14-10-7-12(20-3)11(19-2)6-9(10)4-5-15-14/h6-7,18H,4-5H2,1-3H3/b16-13+. The number of ketones is 1. The molecule has 0 spiro atoms. The van der Waals surface area contributed by atoms with E-state index in [9.17, 15) is 4.79 Å². The van der Waals surface area contributed by atoms with E-state index < -0.39 is 0 Å². The maximum absolute atomic E-state index is 11.5. The predicted molar refractivity (Wildman–Crippen MR) is 74.6 cm³/mol. The summed E-state index contributed by atoms with van der Waals surface area (Å²) in [7, 11) is 3.11. The molecule has 2 rings (SSSR count). The van der Waals surface area contributed by atoms with Crippen LogP contribution in [-0.4, -0.2) is 43.2 Å². The van der Waals surface area contributed by atoms with Crippen molar-refractivity contribution in [1.82, 2.24) is 0 Å². The first-order valence-corrected chi connectivity index (χ1v) is 6.15. The van der Waals surface area contributed by atoms with Gasteiger partial charge < -0.3 is 14.7 Å². The normalized spacial score (nSPS) is 14.3. The molecule has 1 aliphatic rings. The molecule has 0 amide bonds. The highest BCUT2D eigenvalue weighted by Crippen LogP contribution is 2.32. The summed E-state index contributed by atoms with van der Waals surface area (Å²) in [5, 5.41) is 12.1. The Labute approximate surface area is 116 Å². The molecule has 0 unspecified atom stereocenters. The van der Waals surface area contributed by atoms with E-state index in [0.29, 0.717) is 23.8 Å². The van der Waals surface area contributed by atoms with Crippen molar-refractivity contribution >= 4 is 17.2 Å². The number of ether oxygens (including phenoxy) is 2. The molecule has 1 aromatic rings.